The summed E-state index contributed by atoms with van der Waals surface area (Å²) in [6.07, 6.45) is 2.77. The van der Waals surface area contributed by atoms with Crippen molar-refractivity contribution < 1.29 is 4.79 Å². The summed E-state index contributed by atoms with van der Waals surface area (Å²) < 4.78 is 1.72. The number of rotatable bonds is 6. The van der Waals surface area contributed by atoms with E-state index in [0.29, 0.717) is 12.2 Å². The molecule has 0 aliphatic carbocycles. The molecular weight excluding hydrogens is 374 g/mol. The number of fused-ring (bicyclic) bond motifs is 1. The number of halogens is 1. The van der Waals surface area contributed by atoms with Crippen molar-refractivity contribution >= 4 is 28.7 Å². The van der Waals surface area contributed by atoms with Gasteiger partial charge in [-0.1, -0.05) is 23.7 Å². The molecule has 0 radical (unpaired) electrons. The van der Waals surface area contributed by atoms with Crippen LogP contribution < -0.4 is 10.2 Å². The highest BCUT2D eigenvalue weighted by Crippen LogP contribution is 2.20. The van der Waals surface area contributed by atoms with Gasteiger partial charge in [0, 0.05) is 49.6 Å². The fraction of sp³-hybridized carbons (Fsp3) is 0.333. The first kappa shape index (κ1) is 18.8. The van der Waals surface area contributed by atoms with Gasteiger partial charge in [-0.25, -0.2) is 4.52 Å². The molecule has 0 spiro atoms. The van der Waals surface area contributed by atoms with Crippen LogP contribution in [0.5, 0.6) is 0 Å². The van der Waals surface area contributed by atoms with Crippen LogP contribution in [0.15, 0.2) is 54.7 Å². The Morgan fingerprint density at radius 2 is 1.93 bits per heavy atom. The van der Waals surface area contributed by atoms with Gasteiger partial charge < -0.3 is 10.2 Å². The number of nitrogens with one attached hydrogen (secondary N) is 1. The second-order valence-corrected chi connectivity index (χ2v) is 7.45. The summed E-state index contributed by atoms with van der Waals surface area (Å²) in [7, 11) is 0. The minimum absolute atomic E-state index is 0.116. The zero-order chi connectivity index (χ0) is 19.3. The number of hydrogen-bond donors (Lipinski definition) is 1. The molecule has 4 rings (SSSR count). The largest absolute Gasteiger partial charge is 0.369 e. The normalized spacial score (nSPS) is 15.1. The summed E-state index contributed by atoms with van der Waals surface area (Å²) in [5.74, 6) is -0.116. The minimum Gasteiger partial charge on any atom is -0.369 e. The highest BCUT2D eigenvalue weighted by Gasteiger charge is 2.17. The number of aromatic nitrogens is 2. The van der Waals surface area contributed by atoms with Gasteiger partial charge in [0.1, 0.15) is 0 Å². The Morgan fingerprint density at radius 1 is 1.07 bits per heavy atom. The van der Waals surface area contributed by atoms with E-state index in [9.17, 15) is 4.79 Å². The molecule has 0 saturated carbocycles. The number of amides is 1. The molecule has 2 aromatic heterocycles. The first-order chi connectivity index (χ1) is 13.7. The van der Waals surface area contributed by atoms with Crippen molar-refractivity contribution in [2.75, 3.05) is 44.2 Å². The number of nitrogens with zero attached hydrogens (tertiary/aromatic N) is 4. The van der Waals surface area contributed by atoms with E-state index in [2.05, 4.69) is 26.3 Å². The third-order valence-electron chi connectivity index (χ3n) is 5.08. The monoisotopic (exact) mass is 397 g/mol. The molecule has 0 atom stereocenters. The van der Waals surface area contributed by atoms with Crippen LogP contribution in [0.4, 0.5) is 5.69 Å². The Kier molecular flexibility index (Phi) is 5.78. The van der Waals surface area contributed by atoms with Gasteiger partial charge in [-0.05, 0) is 49.4 Å². The standard InChI is InChI=1S/C21H24ClN5O/c22-17-5-3-7-18(15-17)26-13-11-25(12-14-26)9-4-8-23-21(28)20-16-19-6-1-2-10-27(19)24-20/h1-3,5-7,10,15-16H,4,8-9,11-14H2,(H,23,28). The second-order valence-electron chi connectivity index (χ2n) is 7.02. The van der Waals surface area contributed by atoms with Crippen LogP contribution in [0.25, 0.3) is 5.52 Å². The Hall–Kier alpha value is -2.57. The lowest BCUT2D eigenvalue weighted by atomic mass is 10.2. The summed E-state index contributed by atoms with van der Waals surface area (Å²) in [6, 6.07) is 15.6. The lowest BCUT2D eigenvalue weighted by Gasteiger charge is -2.36. The molecule has 0 unspecified atom stereocenters. The molecule has 1 aliphatic rings. The number of carbonyl (C=O) groups is 1. The third-order valence-corrected chi connectivity index (χ3v) is 5.32. The molecule has 3 aromatic rings. The highest BCUT2D eigenvalue weighted by atomic mass is 35.5. The fourth-order valence-corrected chi connectivity index (χ4v) is 3.73. The highest BCUT2D eigenvalue weighted by molar-refractivity contribution is 6.30. The molecule has 146 valence electrons. The minimum atomic E-state index is -0.116. The van der Waals surface area contributed by atoms with Gasteiger partial charge in [-0.3, -0.25) is 9.69 Å². The van der Waals surface area contributed by atoms with E-state index in [1.54, 1.807) is 4.52 Å². The van der Waals surface area contributed by atoms with Crippen LogP contribution in [0.1, 0.15) is 16.9 Å². The number of pyridine rings is 1. The smallest absolute Gasteiger partial charge is 0.271 e. The first-order valence-corrected chi connectivity index (χ1v) is 10.0. The molecule has 1 fully saturated rings. The molecule has 1 aliphatic heterocycles. The lowest BCUT2D eigenvalue weighted by molar-refractivity contribution is 0.0946. The van der Waals surface area contributed by atoms with Gasteiger partial charge in [0.15, 0.2) is 5.69 Å². The van der Waals surface area contributed by atoms with Crippen LogP contribution in [0, 0.1) is 0 Å². The van der Waals surface area contributed by atoms with E-state index >= 15 is 0 Å². The SMILES string of the molecule is O=C(NCCCN1CCN(c2cccc(Cl)c2)CC1)c1cc2ccccn2n1. The lowest BCUT2D eigenvalue weighted by Crippen LogP contribution is -2.47. The van der Waals surface area contributed by atoms with Crippen molar-refractivity contribution in [2.45, 2.75) is 6.42 Å². The van der Waals surface area contributed by atoms with Crippen molar-refractivity contribution in [1.29, 1.82) is 0 Å². The van der Waals surface area contributed by atoms with E-state index in [1.807, 2.05) is 48.7 Å². The summed E-state index contributed by atoms with van der Waals surface area (Å²) in [5, 5.41) is 8.06. The van der Waals surface area contributed by atoms with E-state index in [1.165, 1.54) is 5.69 Å². The first-order valence-electron chi connectivity index (χ1n) is 9.64. The van der Waals surface area contributed by atoms with Gasteiger partial charge in [0.25, 0.3) is 5.91 Å². The molecule has 1 amide bonds. The van der Waals surface area contributed by atoms with Crippen LogP contribution >= 0.6 is 11.6 Å². The molecule has 3 heterocycles. The number of piperazine rings is 1. The zero-order valence-corrected chi connectivity index (χ0v) is 16.5. The number of carbonyl (C=O) groups excluding carboxylic acids is 1. The topological polar surface area (TPSA) is 52.9 Å². The van der Waals surface area contributed by atoms with Crippen LogP contribution in [0.3, 0.4) is 0 Å². The van der Waals surface area contributed by atoms with Crippen LogP contribution in [-0.4, -0.2) is 59.7 Å². The van der Waals surface area contributed by atoms with Crippen LogP contribution in [-0.2, 0) is 0 Å². The van der Waals surface area contributed by atoms with E-state index in [-0.39, 0.29) is 5.91 Å². The van der Waals surface area contributed by atoms with Crippen molar-refractivity contribution in [2.24, 2.45) is 0 Å². The van der Waals surface area contributed by atoms with Gasteiger partial charge in [-0.15, -0.1) is 0 Å². The molecule has 0 bridgehead atoms. The van der Waals surface area contributed by atoms with Gasteiger partial charge in [0.2, 0.25) is 0 Å². The predicted molar refractivity (Wildman–Crippen MR) is 112 cm³/mol. The summed E-state index contributed by atoms with van der Waals surface area (Å²) in [4.78, 5) is 17.1. The second kappa shape index (κ2) is 8.63. The summed E-state index contributed by atoms with van der Waals surface area (Å²) in [5.41, 5.74) is 2.57. The Labute approximate surface area is 169 Å². The average molecular weight is 398 g/mol. The maximum Gasteiger partial charge on any atom is 0.271 e. The van der Waals surface area contributed by atoms with Crippen molar-refractivity contribution in [3.63, 3.8) is 0 Å². The summed E-state index contributed by atoms with van der Waals surface area (Å²) in [6.45, 7) is 5.66. The Bertz CT molecular complexity index is 916. The number of hydrogen-bond acceptors (Lipinski definition) is 4. The number of anilines is 1. The Balaban J connectivity index is 1.18. The Morgan fingerprint density at radius 3 is 2.71 bits per heavy atom. The van der Waals surface area contributed by atoms with Gasteiger partial charge in [-0.2, -0.15) is 5.10 Å². The quantitative estimate of drug-likeness (QED) is 0.650. The zero-order valence-electron chi connectivity index (χ0n) is 15.7. The van der Waals surface area contributed by atoms with E-state index < -0.39 is 0 Å². The molecular formula is C21H24ClN5O. The summed E-state index contributed by atoms with van der Waals surface area (Å²) >= 11 is 6.09. The molecule has 1 saturated heterocycles. The van der Waals surface area contributed by atoms with Crippen molar-refractivity contribution in [3.05, 3.63) is 65.4 Å². The number of benzene rings is 1. The van der Waals surface area contributed by atoms with Crippen LogP contribution in [0.2, 0.25) is 5.02 Å². The van der Waals surface area contributed by atoms with E-state index in [0.717, 1.165) is 49.7 Å². The molecule has 28 heavy (non-hydrogen) atoms. The molecule has 1 aromatic carbocycles. The maximum absolute atomic E-state index is 12.3. The maximum atomic E-state index is 12.3. The van der Waals surface area contributed by atoms with E-state index in [4.69, 9.17) is 11.6 Å². The fourth-order valence-electron chi connectivity index (χ4n) is 3.55. The third kappa shape index (κ3) is 4.46. The average Bonchev–Trinajstić information content (AvgIpc) is 3.16. The predicted octanol–water partition coefficient (Wildman–Crippen LogP) is 2.93. The van der Waals surface area contributed by atoms with Crippen molar-refractivity contribution in [1.82, 2.24) is 19.8 Å². The molecule has 6 nitrogen and oxygen atoms in total. The van der Waals surface area contributed by atoms with Crippen molar-refractivity contribution in [3.8, 4) is 0 Å². The van der Waals surface area contributed by atoms with Gasteiger partial charge in [0.05, 0.1) is 5.52 Å². The van der Waals surface area contributed by atoms with Gasteiger partial charge >= 0.3 is 0 Å². The molecule has 7 heteroatoms. The molecule has 1 N–H and O–H groups in total.